The molecule has 2 aromatic carbocycles. The van der Waals surface area contributed by atoms with Crippen LogP contribution in [0.15, 0.2) is 53.7 Å². The van der Waals surface area contributed by atoms with Gasteiger partial charge in [-0.2, -0.15) is 0 Å². The standard InChI is InChI=1S/C29H39N5O3S/c1-3-4-5-6-7-8-9-10-11-16-28(35)30-21-27-31-32-29(38-22-24-15-13-12-14-23(24)2)33(27)25-17-19-26(20-18-25)34(36)37/h12-15,17-20H,3-11,16,21-22H2,1-2H3,(H,30,35). The summed E-state index contributed by atoms with van der Waals surface area (Å²) in [5, 5.41) is 23.5. The highest BCUT2D eigenvalue weighted by Crippen LogP contribution is 2.27. The van der Waals surface area contributed by atoms with E-state index in [2.05, 4.69) is 41.5 Å². The van der Waals surface area contributed by atoms with Crippen LogP contribution < -0.4 is 5.32 Å². The molecule has 0 aliphatic rings. The van der Waals surface area contributed by atoms with Crippen molar-refractivity contribution < 1.29 is 9.72 Å². The number of hydrogen-bond acceptors (Lipinski definition) is 6. The summed E-state index contributed by atoms with van der Waals surface area (Å²) in [5.41, 5.74) is 3.14. The number of nitro groups is 1. The van der Waals surface area contributed by atoms with E-state index in [9.17, 15) is 14.9 Å². The fourth-order valence-corrected chi connectivity index (χ4v) is 5.31. The highest BCUT2D eigenvalue weighted by atomic mass is 32.2. The number of nitrogens with one attached hydrogen (secondary N) is 1. The third kappa shape index (κ3) is 9.28. The third-order valence-electron chi connectivity index (χ3n) is 6.59. The molecular formula is C29H39N5O3S. The Hall–Kier alpha value is -3.20. The first-order valence-electron chi connectivity index (χ1n) is 13.6. The number of nitrogens with zero attached hydrogens (tertiary/aromatic N) is 4. The van der Waals surface area contributed by atoms with Crippen molar-refractivity contribution in [3.05, 3.63) is 75.6 Å². The van der Waals surface area contributed by atoms with E-state index >= 15 is 0 Å². The number of non-ortho nitro benzene ring substituents is 1. The van der Waals surface area contributed by atoms with Crippen LogP contribution in [0.4, 0.5) is 5.69 Å². The number of carbonyl (C=O) groups is 1. The second kappa shape index (κ2) is 15.9. The summed E-state index contributed by atoms with van der Waals surface area (Å²) in [4.78, 5) is 23.2. The van der Waals surface area contributed by atoms with Crippen molar-refractivity contribution in [1.82, 2.24) is 20.1 Å². The lowest BCUT2D eigenvalue weighted by molar-refractivity contribution is -0.384. The Balaban J connectivity index is 1.58. The van der Waals surface area contributed by atoms with Gasteiger partial charge in [-0.3, -0.25) is 19.5 Å². The normalized spacial score (nSPS) is 11.0. The molecule has 0 bridgehead atoms. The molecule has 8 nitrogen and oxygen atoms in total. The van der Waals surface area contributed by atoms with Crippen LogP contribution in [0.1, 0.15) is 88.1 Å². The zero-order chi connectivity index (χ0) is 27.2. The Morgan fingerprint density at radius 1 is 0.947 bits per heavy atom. The van der Waals surface area contributed by atoms with E-state index in [0.717, 1.165) is 18.5 Å². The minimum absolute atomic E-state index is 0.000286. The smallest absolute Gasteiger partial charge is 0.269 e. The van der Waals surface area contributed by atoms with Gasteiger partial charge in [0.2, 0.25) is 5.91 Å². The van der Waals surface area contributed by atoms with Gasteiger partial charge in [0.15, 0.2) is 11.0 Å². The third-order valence-corrected chi connectivity index (χ3v) is 7.57. The molecule has 0 fully saturated rings. The Bertz CT molecular complexity index is 1160. The minimum Gasteiger partial charge on any atom is -0.349 e. The van der Waals surface area contributed by atoms with Gasteiger partial charge in [0, 0.05) is 30.0 Å². The Morgan fingerprint density at radius 3 is 2.26 bits per heavy atom. The van der Waals surface area contributed by atoms with Crippen LogP contribution in [-0.4, -0.2) is 25.6 Å². The van der Waals surface area contributed by atoms with Gasteiger partial charge in [-0.05, 0) is 36.6 Å². The van der Waals surface area contributed by atoms with Crippen molar-refractivity contribution in [1.29, 1.82) is 0 Å². The molecule has 0 atom stereocenters. The van der Waals surface area contributed by atoms with E-state index in [1.807, 2.05) is 16.7 Å². The van der Waals surface area contributed by atoms with Crippen molar-refractivity contribution in [2.75, 3.05) is 0 Å². The van der Waals surface area contributed by atoms with Gasteiger partial charge < -0.3 is 5.32 Å². The van der Waals surface area contributed by atoms with E-state index in [4.69, 9.17) is 0 Å². The van der Waals surface area contributed by atoms with Crippen molar-refractivity contribution in [3.8, 4) is 5.69 Å². The number of unbranched alkanes of at least 4 members (excludes halogenated alkanes) is 8. The Labute approximate surface area is 229 Å². The monoisotopic (exact) mass is 537 g/mol. The molecule has 1 aromatic heterocycles. The van der Waals surface area contributed by atoms with Crippen molar-refractivity contribution in [3.63, 3.8) is 0 Å². The number of hydrogen-bond donors (Lipinski definition) is 1. The first kappa shape index (κ1) is 29.4. The highest BCUT2D eigenvalue weighted by molar-refractivity contribution is 7.98. The molecule has 1 heterocycles. The largest absolute Gasteiger partial charge is 0.349 e. The molecule has 0 saturated heterocycles. The molecule has 0 spiro atoms. The molecule has 9 heteroatoms. The summed E-state index contributed by atoms with van der Waals surface area (Å²) >= 11 is 1.54. The molecule has 0 radical (unpaired) electrons. The van der Waals surface area contributed by atoms with Crippen LogP contribution in [-0.2, 0) is 17.1 Å². The van der Waals surface area contributed by atoms with Crippen molar-refractivity contribution in [2.24, 2.45) is 0 Å². The topological polar surface area (TPSA) is 103 Å². The Kier molecular flexibility index (Phi) is 12.3. The number of benzene rings is 2. The molecule has 38 heavy (non-hydrogen) atoms. The van der Waals surface area contributed by atoms with Gasteiger partial charge in [0.25, 0.3) is 5.69 Å². The van der Waals surface area contributed by atoms with E-state index in [1.165, 1.54) is 68.2 Å². The molecule has 1 N–H and O–H groups in total. The van der Waals surface area contributed by atoms with Gasteiger partial charge in [-0.25, -0.2) is 0 Å². The van der Waals surface area contributed by atoms with Crippen molar-refractivity contribution in [2.45, 2.75) is 95.5 Å². The van der Waals surface area contributed by atoms with Gasteiger partial charge in [0.05, 0.1) is 11.5 Å². The van der Waals surface area contributed by atoms with E-state index < -0.39 is 4.92 Å². The molecule has 0 aliphatic carbocycles. The zero-order valence-corrected chi connectivity index (χ0v) is 23.3. The van der Waals surface area contributed by atoms with E-state index in [-0.39, 0.29) is 18.1 Å². The maximum Gasteiger partial charge on any atom is 0.269 e. The quantitative estimate of drug-likeness (QED) is 0.0838. The second-order valence-electron chi connectivity index (χ2n) is 9.58. The average molecular weight is 538 g/mol. The summed E-state index contributed by atoms with van der Waals surface area (Å²) in [7, 11) is 0. The lowest BCUT2D eigenvalue weighted by atomic mass is 10.1. The minimum atomic E-state index is -0.419. The van der Waals surface area contributed by atoms with Crippen LogP contribution in [0, 0.1) is 17.0 Å². The van der Waals surface area contributed by atoms with Crippen LogP contribution in [0.3, 0.4) is 0 Å². The van der Waals surface area contributed by atoms with Crippen LogP contribution in [0.25, 0.3) is 5.69 Å². The maximum atomic E-state index is 12.5. The molecule has 204 valence electrons. The number of aromatic nitrogens is 3. The molecular weight excluding hydrogens is 498 g/mol. The van der Waals surface area contributed by atoms with E-state index in [1.54, 1.807) is 23.9 Å². The molecule has 0 saturated carbocycles. The first-order chi connectivity index (χ1) is 18.5. The van der Waals surface area contributed by atoms with Crippen LogP contribution >= 0.6 is 11.8 Å². The van der Waals surface area contributed by atoms with Gasteiger partial charge in [0.1, 0.15) is 0 Å². The summed E-state index contributed by atoms with van der Waals surface area (Å²) in [6.45, 7) is 4.55. The number of amides is 1. The summed E-state index contributed by atoms with van der Waals surface area (Å²) < 4.78 is 1.87. The summed E-state index contributed by atoms with van der Waals surface area (Å²) in [6, 6.07) is 14.5. The number of thioether (sulfide) groups is 1. The molecule has 1 amide bonds. The van der Waals surface area contributed by atoms with Crippen LogP contribution in [0.2, 0.25) is 0 Å². The summed E-state index contributed by atoms with van der Waals surface area (Å²) in [6.07, 6.45) is 11.4. The fraction of sp³-hybridized carbons (Fsp3) is 0.483. The van der Waals surface area contributed by atoms with Gasteiger partial charge in [-0.15, -0.1) is 10.2 Å². The van der Waals surface area contributed by atoms with Gasteiger partial charge in [-0.1, -0.05) is 94.3 Å². The molecule has 3 aromatic rings. The van der Waals surface area contributed by atoms with Crippen molar-refractivity contribution >= 4 is 23.4 Å². The predicted octanol–water partition coefficient (Wildman–Crippen LogP) is 7.31. The van der Waals surface area contributed by atoms with E-state index in [0.29, 0.717) is 23.2 Å². The number of aryl methyl sites for hydroxylation is 1. The Morgan fingerprint density at radius 2 is 1.61 bits per heavy atom. The molecule has 0 aliphatic heterocycles. The average Bonchev–Trinajstić information content (AvgIpc) is 3.33. The predicted molar refractivity (Wildman–Crippen MR) is 152 cm³/mol. The maximum absolute atomic E-state index is 12.5. The SMILES string of the molecule is CCCCCCCCCCCC(=O)NCc1nnc(SCc2ccccc2C)n1-c1ccc([N+](=O)[O-])cc1. The van der Waals surface area contributed by atoms with Gasteiger partial charge >= 0.3 is 0 Å². The second-order valence-corrected chi connectivity index (χ2v) is 10.5. The fourth-order valence-electron chi connectivity index (χ4n) is 4.27. The summed E-state index contributed by atoms with van der Waals surface area (Å²) in [5.74, 6) is 1.30. The lowest BCUT2D eigenvalue weighted by Crippen LogP contribution is -2.24. The lowest BCUT2D eigenvalue weighted by Gasteiger charge is -2.11. The molecule has 0 unspecified atom stereocenters. The molecule has 3 rings (SSSR count). The van der Waals surface area contributed by atoms with Crippen LogP contribution in [0.5, 0.6) is 0 Å². The number of rotatable bonds is 17. The zero-order valence-electron chi connectivity index (χ0n) is 22.5. The number of nitro benzene ring substituents is 1. The number of carbonyl (C=O) groups excluding carboxylic acids is 1. The first-order valence-corrected chi connectivity index (χ1v) is 14.6. The highest BCUT2D eigenvalue weighted by Gasteiger charge is 2.17.